The lowest BCUT2D eigenvalue weighted by atomic mass is 9.44. The Morgan fingerprint density at radius 1 is 0.939 bits per heavy atom. The second-order valence-corrected chi connectivity index (χ2v) is 13.5. The number of hydrogen-bond acceptors (Lipinski definition) is 2. The monoisotopic (exact) mass is 456 g/mol. The van der Waals surface area contributed by atoms with Crippen LogP contribution in [0.25, 0.3) is 0 Å². The Kier molecular flexibility index (Phi) is 7.72. The van der Waals surface area contributed by atoms with E-state index < -0.39 is 0 Å². The summed E-state index contributed by atoms with van der Waals surface area (Å²) >= 11 is 0. The Morgan fingerprint density at radius 3 is 2.45 bits per heavy atom. The molecule has 0 N–H and O–H groups in total. The Bertz CT molecular complexity index is 712. The van der Waals surface area contributed by atoms with Crippen molar-refractivity contribution < 1.29 is 9.53 Å². The van der Waals surface area contributed by atoms with Crippen LogP contribution in [0.4, 0.5) is 0 Å². The van der Waals surface area contributed by atoms with Crippen LogP contribution in [-0.4, -0.2) is 12.6 Å². The summed E-state index contributed by atoms with van der Waals surface area (Å²) in [6, 6.07) is 0. The summed E-state index contributed by atoms with van der Waals surface area (Å²) in [4.78, 5) is 11.6. The van der Waals surface area contributed by atoms with Gasteiger partial charge < -0.3 is 4.74 Å². The van der Waals surface area contributed by atoms with E-state index in [9.17, 15) is 4.79 Å². The average Bonchev–Trinajstić information content (AvgIpc) is 3.14. The van der Waals surface area contributed by atoms with Gasteiger partial charge >= 0.3 is 5.97 Å². The van der Waals surface area contributed by atoms with Gasteiger partial charge in [0.25, 0.3) is 0 Å². The molecule has 0 amide bonds. The molecule has 33 heavy (non-hydrogen) atoms. The molecule has 4 rings (SSSR count). The van der Waals surface area contributed by atoms with Gasteiger partial charge in [-0.3, -0.25) is 0 Å². The lowest BCUT2D eigenvalue weighted by Crippen LogP contribution is -2.53. The Labute approximate surface area is 204 Å². The van der Waals surface area contributed by atoms with Crippen LogP contribution >= 0.6 is 0 Å². The molecule has 0 spiro atoms. The summed E-state index contributed by atoms with van der Waals surface area (Å²) in [7, 11) is 0. The van der Waals surface area contributed by atoms with Crippen molar-refractivity contribution in [2.75, 3.05) is 6.61 Å². The maximum atomic E-state index is 11.6. The van der Waals surface area contributed by atoms with Crippen molar-refractivity contribution >= 4 is 5.97 Å². The first-order valence-electron chi connectivity index (χ1n) is 14.5. The second-order valence-electron chi connectivity index (χ2n) is 13.5. The van der Waals surface area contributed by atoms with E-state index in [2.05, 4.69) is 34.3 Å². The Morgan fingerprint density at radius 2 is 1.70 bits per heavy atom. The summed E-state index contributed by atoms with van der Waals surface area (Å²) in [5, 5.41) is 0. The lowest BCUT2D eigenvalue weighted by Gasteiger charge is -2.61. The van der Waals surface area contributed by atoms with Crippen molar-refractivity contribution in [1.29, 1.82) is 0 Å². The molecule has 0 saturated heterocycles. The smallest absolute Gasteiger partial charge is 0.333 e. The number of hydrogen-bond donors (Lipinski definition) is 0. The second kappa shape index (κ2) is 10.1. The SMILES string of the molecule is C=C(C)C(=O)OCC(C)CCC[C@@H](C)[C@H]1CC[C@H]2[C@@H]3CCC4CCCC[C@]4(C)[C@H]3CC[C@]12C. The predicted octanol–water partition coefficient (Wildman–Crippen LogP) is 8.60. The normalized spacial score (nSPS) is 41.9. The molecule has 4 aliphatic carbocycles. The van der Waals surface area contributed by atoms with Gasteiger partial charge in [0, 0.05) is 5.57 Å². The van der Waals surface area contributed by atoms with Gasteiger partial charge in [-0.15, -0.1) is 0 Å². The average molecular weight is 457 g/mol. The zero-order chi connectivity index (χ0) is 23.8. The highest BCUT2D eigenvalue weighted by molar-refractivity contribution is 5.86. The zero-order valence-corrected chi connectivity index (χ0v) is 22.5. The molecule has 0 heterocycles. The summed E-state index contributed by atoms with van der Waals surface area (Å²) in [6.45, 7) is 16.1. The number of rotatable bonds is 8. The van der Waals surface area contributed by atoms with E-state index in [0.717, 1.165) is 41.9 Å². The number of fused-ring (bicyclic) bond motifs is 5. The number of ether oxygens (including phenoxy) is 1. The molecule has 188 valence electrons. The van der Waals surface area contributed by atoms with Crippen LogP contribution in [0, 0.1) is 52.3 Å². The first kappa shape index (κ1) is 25.3. The van der Waals surface area contributed by atoms with Crippen LogP contribution in [0.2, 0.25) is 0 Å². The summed E-state index contributed by atoms with van der Waals surface area (Å²) < 4.78 is 5.37. The molecule has 0 aromatic heterocycles. The third-order valence-corrected chi connectivity index (χ3v) is 11.5. The van der Waals surface area contributed by atoms with Crippen LogP contribution in [0.15, 0.2) is 12.2 Å². The van der Waals surface area contributed by atoms with Crippen molar-refractivity contribution in [2.24, 2.45) is 52.3 Å². The number of carbonyl (C=O) groups is 1. The first-order valence-corrected chi connectivity index (χ1v) is 14.5. The fourth-order valence-electron chi connectivity index (χ4n) is 9.68. The molecule has 0 aliphatic heterocycles. The lowest BCUT2D eigenvalue weighted by molar-refractivity contribution is -0.140. The number of carbonyl (C=O) groups excluding carboxylic acids is 1. The summed E-state index contributed by atoms with van der Waals surface area (Å²) in [5.74, 6) is 5.99. The van der Waals surface area contributed by atoms with Gasteiger partial charge in [-0.05, 0) is 117 Å². The highest BCUT2D eigenvalue weighted by Gasteiger charge is 2.60. The summed E-state index contributed by atoms with van der Waals surface area (Å²) in [6.07, 6.45) is 18.8. The molecule has 2 nitrogen and oxygen atoms in total. The Hall–Kier alpha value is -0.790. The van der Waals surface area contributed by atoms with Gasteiger partial charge in [0.1, 0.15) is 0 Å². The maximum Gasteiger partial charge on any atom is 0.333 e. The van der Waals surface area contributed by atoms with Crippen LogP contribution in [0.1, 0.15) is 118 Å². The van der Waals surface area contributed by atoms with Gasteiger partial charge in [-0.25, -0.2) is 4.79 Å². The van der Waals surface area contributed by atoms with Crippen molar-refractivity contribution in [3.8, 4) is 0 Å². The van der Waals surface area contributed by atoms with Crippen LogP contribution < -0.4 is 0 Å². The van der Waals surface area contributed by atoms with Crippen molar-refractivity contribution in [3.05, 3.63) is 12.2 Å². The minimum absolute atomic E-state index is 0.244. The first-order chi connectivity index (χ1) is 15.7. The largest absolute Gasteiger partial charge is 0.462 e. The van der Waals surface area contributed by atoms with E-state index in [0.29, 0.717) is 28.9 Å². The molecule has 9 atom stereocenters. The molecule has 2 heteroatoms. The van der Waals surface area contributed by atoms with E-state index in [4.69, 9.17) is 4.74 Å². The molecule has 0 aromatic rings. The minimum Gasteiger partial charge on any atom is -0.462 e. The van der Waals surface area contributed by atoms with Crippen molar-refractivity contribution in [3.63, 3.8) is 0 Å². The highest BCUT2D eigenvalue weighted by atomic mass is 16.5. The summed E-state index contributed by atoms with van der Waals surface area (Å²) in [5.41, 5.74) is 1.75. The third kappa shape index (κ3) is 4.84. The molecule has 2 unspecified atom stereocenters. The van der Waals surface area contributed by atoms with E-state index in [-0.39, 0.29) is 5.97 Å². The van der Waals surface area contributed by atoms with Gasteiger partial charge in [0.2, 0.25) is 0 Å². The van der Waals surface area contributed by atoms with Gasteiger partial charge in [0.05, 0.1) is 6.61 Å². The standard InChI is InChI=1S/C31H52O2/c1-21(2)29(32)33-20-22(3)10-9-11-23(4)26-15-16-27-25-14-13-24-12-7-8-18-30(24,5)28(25)17-19-31(26,27)6/h22-28H,1,7-20H2,2-6H3/t22?,23-,24?,25+,26-,27+,28+,30+,31-/m1/s1. The molecule has 0 aromatic carbocycles. The molecule has 4 fully saturated rings. The van der Waals surface area contributed by atoms with E-state index >= 15 is 0 Å². The molecule has 0 radical (unpaired) electrons. The molecule has 4 saturated carbocycles. The van der Waals surface area contributed by atoms with Crippen molar-refractivity contribution in [2.45, 2.75) is 118 Å². The van der Waals surface area contributed by atoms with Crippen molar-refractivity contribution in [1.82, 2.24) is 0 Å². The highest BCUT2D eigenvalue weighted by Crippen LogP contribution is 2.68. The molecular formula is C31H52O2. The van der Waals surface area contributed by atoms with E-state index in [1.165, 1.54) is 77.0 Å². The topological polar surface area (TPSA) is 26.3 Å². The van der Waals surface area contributed by atoms with Crippen LogP contribution in [0.3, 0.4) is 0 Å². The quantitative estimate of drug-likeness (QED) is 0.270. The van der Waals surface area contributed by atoms with Gasteiger partial charge in [-0.2, -0.15) is 0 Å². The van der Waals surface area contributed by atoms with Gasteiger partial charge in [-0.1, -0.05) is 60.0 Å². The molecule has 4 aliphatic rings. The minimum atomic E-state index is -0.244. The maximum absolute atomic E-state index is 11.6. The predicted molar refractivity (Wildman–Crippen MR) is 138 cm³/mol. The number of esters is 1. The molecular weight excluding hydrogens is 404 g/mol. The fourth-order valence-corrected chi connectivity index (χ4v) is 9.68. The zero-order valence-electron chi connectivity index (χ0n) is 22.5. The third-order valence-electron chi connectivity index (χ3n) is 11.5. The van der Waals surface area contributed by atoms with E-state index in [1.807, 2.05) is 0 Å². The Balaban J connectivity index is 1.30. The van der Waals surface area contributed by atoms with Crippen LogP contribution in [-0.2, 0) is 9.53 Å². The van der Waals surface area contributed by atoms with Gasteiger partial charge in [0.15, 0.2) is 0 Å². The van der Waals surface area contributed by atoms with Crippen LogP contribution in [0.5, 0.6) is 0 Å². The fraction of sp³-hybridized carbons (Fsp3) is 0.903. The van der Waals surface area contributed by atoms with E-state index in [1.54, 1.807) is 6.92 Å². The molecule has 0 bridgehead atoms.